The summed E-state index contributed by atoms with van der Waals surface area (Å²) in [6.07, 6.45) is 0.440. The molecule has 0 aromatic heterocycles. The Bertz CT molecular complexity index is 289. The lowest BCUT2D eigenvalue weighted by molar-refractivity contribution is 0.300. The van der Waals surface area contributed by atoms with Crippen LogP contribution in [0, 0.1) is 0 Å². The molecule has 0 saturated carbocycles. The molecule has 0 amide bonds. The fraction of sp³-hybridized carbons (Fsp3) is 0.250. The van der Waals surface area contributed by atoms with Crippen molar-refractivity contribution < 1.29 is 5.11 Å². The van der Waals surface area contributed by atoms with Gasteiger partial charge in [-0.05, 0) is 24.1 Å². The fourth-order valence-corrected chi connectivity index (χ4v) is 1.29. The van der Waals surface area contributed by atoms with Crippen molar-refractivity contribution in [1.29, 1.82) is 0 Å². The van der Waals surface area contributed by atoms with E-state index < -0.39 is 0 Å². The maximum absolute atomic E-state index is 8.70. The second kappa shape index (κ2) is 3.65. The molecular formula is C8H11ClN2O. The molecule has 0 fully saturated rings. The van der Waals surface area contributed by atoms with Gasteiger partial charge in [-0.25, -0.2) is 0 Å². The molecule has 0 atom stereocenters. The monoisotopic (exact) mass is 186 g/mol. The minimum absolute atomic E-state index is 0.0212. The molecular weight excluding hydrogens is 176 g/mol. The van der Waals surface area contributed by atoms with Gasteiger partial charge in [0.1, 0.15) is 0 Å². The van der Waals surface area contributed by atoms with E-state index >= 15 is 0 Å². The largest absolute Gasteiger partial charge is 0.398 e. The second-order valence-electron chi connectivity index (χ2n) is 2.51. The van der Waals surface area contributed by atoms with Crippen LogP contribution in [-0.4, -0.2) is 11.7 Å². The predicted octanol–water partition coefficient (Wildman–Crippen LogP) is 1.04. The van der Waals surface area contributed by atoms with Crippen molar-refractivity contribution >= 4 is 23.0 Å². The zero-order valence-electron chi connectivity index (χ0n) is 6.55. The number of hydrogen-bond donors (Lipinski definition) is 3. The van der Waals surface area contributed by atoms with E-state index in [2.05, 4.69) is 0 Å². The average Bonchev–Trinajstić information content (AvgIpc) is 2.06. The lowest BCUT2D eigenvalue weighted by atomic mass is 10.1. The van der Waals surface area contributed by atoms with Gasteiger partial charge < -0.3 is 16.6 Å². The number of aliphatic hydroxyl groups excluding tert-OH is 1. The SMILES string of the molecule is Nc1ccc(N)c(CCO)c1Cl. The number of hydrogen-bond acceptors (Lipinski definition) is 3. The minimum Gasteiger partial charge on any atom is -0.398 e. The van der Waals surface area contributed by atoms with Crippen LogP contribution in [0.1, 0.15) is 5.56 Å². The first-order valence-electron chi connectivity index (χ1n) is 3.60. The number of nitrogens with two attached hydrogens (primary N) is 2. The molecule has 0 saturated heterocycles. The highest BCUT2D eigenvalue weighted by Gasteiger charge is 2.06. The van der Waals surface area contributed by atoms with E-state index in [9.17, 15) is 0 Å². The van der Waals surface area contributed by atoms with Crippen LogP contribution in [-0.2, 0) is 6.42 Å². The van der Waals surface area contributed by atoms with Crippen LogP contribution in [0.15, 0.2) is 12.1 Å². The lowest BCUT2D eigenvalue weighted by Gasteiger charge is -2.08. The maximum Gasteiger partial charge on any atom is 0.0688 e. The van der Waals surface area contributed by atoms with Crippen LogP contribution in [0.3, 0.4) is 0 Å². The van der Waals surface area contributed by atoms with Crippen molar-refractivity contribution in [2.45, 2.75) is 6.42 Å². The third-order valence-electron chi connectivity index (χ3n) is 1.67. The molecule has 0 unspecified atom stereocenters. The molecule has 0 aliphatic rings. The van der Waals surface area contributed by atoms with E-state index in [-0.39, 0.29) is 6.61 Å². The third-order valence-corrected chi connectivity index (χ3v) is 2.12. The molecule has 0 heterocycles. The quantitative estimate of drug-likeness (QED) is 0.605. The summed E-state index contributed by atoms with van der Waals surface area (Å²) < 4.78 is 0. The van der Waals surface area contributed by atoms with Gasteiger partial charge in [0.25, 0.3) is 0 Å². The summed E-state index contributed by atoms with van der Waals surface area (Å²) in [6.45, 7) is 0.0212. The summed E-state index contributed by atoms with van der Waals surface area (Å²) in [5, 5.41) is 9.15. The number of rotatable bonds is 2. The van der Waals surface area contributed by atoms with Gasteiger partial charge in [-0.2, -0.15) is 0 Å². The van der Waals surface area contributed by atoms with Gasteiger partial charge in [0.15, 0.2) is 0 Å². The van der Waals surface area contributed by atoms with Gasteiger partial charge >= 0.3 is 0 Å². The molecule has 66 valence electrons. The van der Waals surface area contributed by atoms with Crippen molar-refractivity contribution in [3.05, 3.63) is 22.7 Å². The first-order chi connectivity index (χ1) is 5.66. The van der Waals surface area contributed by atoms with Crippen LogP contribution in [0.2, 0.25) is 5.02 Å². The third kappa shape index (κ3) is 1.62. The van der Waals surface area contributed by atoms with Crippen molar-refractivity contribution in [2.24, 2.45) is 0 Å². The summed E-state index contributed by atoms with van der Waals surface area (Å²) >= 11 is 5.86. The summed E-state index contributed by atoms with van der Waals surface area (Å²) in [6, 6.07) is 3.34. The molecule has 1 aromatic rings. The van der Waals surface area contributed by atoms with Gasteiger partial charge in [0.05, 0.1) is 10.7 Å². The summed E-state index contributed by atoms with van der Waals surface area (Å²) in [5.74, 6) is 0. The van der Waals surface area contributed by atoms with Crippen molar-refractivity contribution in [2.75, 3.05) is 18.1 Å². The van der Waals surface area contributed by atoms with E-state index in [0.717, 1.165) is 5.56 Å². The Morgan fingerprint density at radius 3 is 2.42 bits per heavy atom. The Morgan fingerprint density at radius 2 is 1.83 bits per heavy atom. The topological polar surface area (TPSA) is 72.3 Å². The normalized spacial score (nSPS) is 10.2. The first-order valence-corrected chi connectivity index (χ1v) is 3.97. The van der Waals surface area contributed by atoms with Crippen molar-refractivity contribution in [3.8, 4) is 0 Å². The standard InChI is InChI=1S/C8H11ClN2O/c9-8-5(3-4-12)6(10)1-2-7(8)11/h1-2,12H,3-4,10-11H2. The van der Waals surface area contributed by atoms with Crippen LogP contribution in [0.5, 0.6) is 0 Å². The van der Waals surface area contributed by atoms with E-state index in [1.165, 1.54) is 0 Å². The van der Waals surface area contributed by atoms with E-state index in [1.807, 2.05) is 0 Å². The van der Waals surface area contributed by atoms with E-state index in [1.54, 1.807) is 12.1 Å². The molecule has 5 N–H and O–H groups in total. The van der Waals surface area contributed by atoms with E-state index in [0.29, 0.717) is 22.8 Å². The molecule has 4 heteroatoms. The number of benzene rings is 1. The number of halogens is 1. The van der Waals surface area contributed by atoms with Crippen LogP contribution in [0.4, 0.5) is 11.4 Å². The summed E-state index contributed by atoms with van der Waals surface area (Å²) in [4.78, 5) is 0. The highest BCUT2D eigenvalue weighted by molar-refractivity contribution is 6.34. The van der Waals surface area contributed by atoms with Crippen molar-refractivity contribution in [1.82, 2.24) is 0 Å². The smallest absolute Gasteiger partial charge is 0.0688 e. The Labute approximate surface area is 75.9 Å². The average molecular weight is 187 g/mol. The van der Waals surface area contributed by atoms with Gasteiger partial charge in [0, 0.05) is 12.3 Å². The first kappa shape index (κ1) is 9.16. The maximum atomic E-state index is 8.70. The Kier molecular flexibility index (Phi) is 2.78. The summed E-state index contributed by atoms with van der Waals surface area (Å²) in [7, 11) is 0. The van der Waals surface area contributed by atoms with Gasteiger partial charge in [-0.1, -0.05) is 11.6 Å². The number of aliphatic hydroxyl groups is 1. The van der Waals surface area contributed by atoms with Crippen LogP contribution < -0.4 is 11.5 Å². The zero-order chi connectivity index (χ0) is 9.14. The Hall–Kier alpha value is -0.930. The minimum atomic E-state index is 0.0212. The van der Waals surface area contributed by atoms with Crippen LogP contribution >= 0.6 is 11.6 Å². The van der Waals surface area contributed by atoms with Crippen molar-refractivity contribution in [3.63, 3.8) is 0 Å². The fourth-order valence-electron chi connectivity index (χ4n) is 1.02. The highest BCUT2D eigenvalue weighted by Crippen LogP contribution is 2.28. The molecule has 0 bridgehead atoms. The second-order valence-corrected chi connectivity index (χ2v) is 2.89. The molecule has 1 aromatic carbocycles. The molecule has 3 nitrogen and oxygen atoms in total. The Morgan fingerprint density at radius 1 is 1.25 bits per heavy atom. The molecule has 1 rings (SSSR count). The molecule has 12 heavy (non-hydrogen) atoms. The van der Waals surface area contributed by atoms with Gasteiger partial charge in [-0.3, -0.25) is 0 Å². The Balaban J connectivity index is 3.14. The zero-order valence-corrected chi connectivity index (χ0v) is 7.30. The summed E-state index contributed by atoms with van der Waals surface area (Å²) in [5.41, 5.74) is 13.0. The highest BCUT2D eigenvalue weighted by atomic mass is 35.5. The van der Waals surface area contributed by atoms with Gasteiger partial charge in [-0.15, -0.1) is 0 Å². The number of nitrogen functional groups attached to an aromatic ring is 2. The predicted molar refractivity (Wildman–Crippen MR) is 51.1 cm³/mol. The van der Waals surface area contributed by atoms with E-state index in [4.69, 9.17) is 28.2 Å². The number of anilines is 2. The van der Waals surface area contributed by atoms with Gasteiger partial charge in [0.2, 0.25) is 0 Å². The lowest BCUT2D eigenvalue weighted by Crippen LogP contribution is -2.00. The molecule has 0 aliphatic heterocycles. The van der Waals surface area contributed by atoms with Crippen LogP contribution in [0.25, 0.3) is 0 Å². The molecule has 0 aliphatic carbocycles. The molecule has 0 spiro atoms. The molecule has 0 radical (unpaired) electrons.